The molecule has 0 bridgehead atoms. The van der Waals surface area contributed by atoms with Gasteiger partial charge in [-0.3, -0.25) is 9.59 Å². The third kappa shape index (κ3) is 2.95. The highest BCUT2D eigenvalue weighted by Gasteiger charge is 2.16. The SMILES string of the molecule is CCS(=O)(=O)c1ccc(N(C)C(=O)C(C)=O)cc1. The van der Waals surface area contributed by atoms with E-state index in [1.165, 1.54) is 43.1 Å². The number of carbonyl (C=O) groups is 2. The lowest BCUT2D eigenvalue weighted by atomic mass is 10.3. The van der Waals surface area contributed by atoms with Gasteiger partial charge < -0.3 is 4.90 Å². The fourth-order valence-electron chi connectivity index (χ4n) is 1.40. The number of hydrogen-bond donors (Lipinski definition) is 0. The third-order valence-corrected chi connectivity index (χ3v) is 4.32. The van der Waals surface area contributed by atoms with Gasteiger partial charge in [0.1, 0.15) is 0 Å². The summed E-state index contributed by atoms with van der Waals surface area (Å²) in [5.74, 6) is -1.18. The van der Waals surface area contributed by atoms with Gasteiger partial charge in [0.15, 0.2) is 9.84 Å². The second kappa shape index (κ2) is 5.30. The van der Waals surface area contributed by atoms with Gasteiger partial charge in [0.05, 0.1) is 10.6 Å². The van der Waals surface area contributed by atoms with Gasteiger partial charge in [0.2, 0.25) is 5.78 Å². The molecule has 1 rings (SSSR count). The maximum absolute atomic E-state index is 11.6. The number of carbonyl (C=O) groups excluding carboxylic acids is 2. The zero-order valence-corrected chi connectivity index (χ0v) is 11.3. The second-order valence-corrected chi connectivity index (χ2v) is 6.10. The van der Waals surface area contributed by atoms with Crippen LogP contribution in [0.25, 0.3) is 0 Å². The van der Waals surface area contributed by atoms with Crippen LogP contribution in [0.3, 0.4) is 0 Å². The van der Waals surface area contributed by atoms with Crippen molar-refractivity contribution in [3.63, 3.8) is 0 Å². The van der Waals surface area contributed by atoms with Crippen molar-refractivity contribution >= 4 is 27.2 Å². The summed E-state index contributed by atoms with van der Waals surface area (Å²) < 4.78 is 23.2. The van der Waals surface area contributed by atoms with Gasteiger partial charge in [-0.1, -0.05) is 6.92 Å². The molecule has 0 fully saturated rings. The lowest BCUT2D eigenvalue weighted by Crippen LogP contribution is -2.31. The average Bonchev–Trinajstić information content (AvgIpc) is 2.37. The zero-order chi connectivity index (χ0) is 13.9. The van der Waals surface area contributed by atoms with E-state index < -0.39 is 21.5 Å². The topological polar surface area (TPSA) is 71.5 Å². The van der Waals surface area contributed by atoms with Crippen LogP contribution in [0.1, 0.15) is 13.8 Å². The highest BCUT2D eigenvalue weighted by molar-refractivity contribution is 7.91. The summed E-state index contributed by atoms with van der Waals surface area (Å²) >= 11 is 0. The van der Waals surface area contributed by atoms with Crippen molar-refractivity contribution in [2.24, 2.45) is 0 Å². The fraction of sp³-hybridized carbons (Fsp3) is 0.333. The first kappa shape index (κ1) is 14.4. The summed E-state index contributed by atoms with van der Waals surface area (Å²) in [4.78, 5) is 23.8. The van der Waals surface area contributed by atoms with Crippen molar-refractivity contribution in [1.29, 1.82) is 0 Å². The van der Waals surface area contributed by atoms with Crippen molar-refractivity contribution in [3.8, 4) is 0 Å². The minimum Gasteiger partial charge on any atom is -0.309 e. The largest absolute Gasteiger partial charge is 0.309 e. The summed E-state index contributed by atoms with van der Waals surface area (Å²) in [6, 6.07) is 5.86. The van der Waals surface area contributed by atoms with Gasteiger partial charge in [-0.05, 0) is 24.3 Å². The van der Waals surface area contributed by atoms with Crippen LogP contribution in [0.4, 0.5) is 5.69 Å². The molecular weight excluding hydrogens is 254 g/mol. The molecule has 0 unspecified atom stereocenters. The highest BCUT2D eigenvalue weighted by atomic mass is 32.2. The number of likely N-dealkylation sites (N-methyl/N-ethyl adjacent to an activating group) is 1. The smallest absolute Gasteiger partial charge is 0.293 e. The van der Waals surface area contributed by atoms with Gasteiger partial charge in [0, 0.05) is 19.7 Å². The Bertz CT molecular complexity index is 560. The Kier molecular flexibility index (Phi) is 4.24. The predicted molar refractivity (Wildman–Crippen MR) is 68.3 cm³/mol. The van der Waals surface area contributed by atoms with Crippen LogP contribution < -0.4 is 4.90 Å². The van der Waals surface area contributed by atoms with Crippen LogP contribution in [0.15, 0.2) is 29.2 Å². The number of hydrogen-bond acceptors (Lipinski definition) is 4. The first-order valence-corrected chi connectivity index (χ1v) is 7.06. The monoisotopic (exact) mass is 269 g/mol. The summed E-state index contributed by atoms with van der Waals surface area (Å²) in [6.07, 6.45) is 0. The van der Waals surface area contributed by atoms with E-state index in [1.807, 2.05) is 0 Å². The Labute approximate surface area is 106 Å². The van der Waals surface area contributed by atoms with Crippen LogP contribution >= 0.6 is 0 Å². The standard InChI is InChI=1S/C12H15NO4S/c1-4-18(16,17)11-7-5-10(6-8-11)13(3)12(15)9(2)14/h5-8H,4H2,1-3H3. The lowest BCUT2D eigenvalue weighted by molar-refractivity contribution is -0.134. The molecule has 18 heavy (non-hydrogen) atoms. The van der Waals surface area contributed by atoms with Gasteiger partial charge in [-0.2, -0.15) is 0 Å². The Hall–Kier alpha value is -1.69. The molecule has 1 aromatic carbocycles. The van der Waals surface area contributed by atoms with Gasteiger partial charge >= 0.3 is 0 Å². The average molecular weight is 269 g/mol. The Morgan fingerprint density at radius 1 is 1.17 bits per heavy atom. The van der Waals surface area contributed by atoms with Crippen LogP contribution in [-0.4, -0.2) is 32.9 Å². The second-order valence-electron chi connectivity index (χ2n) is 3.82. The minimum atomic E-state index is -3.25. The molecule has 0 saturated carbocycles. The maximum atomic E-state index is 11.6. The van der Waals surface area contributed by atoms with E-state index in [2.05, 4.69) is 0 Å². The van der Waals surface area contributed by atoms with E-state index in [-0.39, 0.29) is 10.6 Å². The number of benzene rings is 1. The predicted octanol–water partition coefficient (Wildman–Crippen LogP) is 1.03. The lowest BCUT2D eigenvalue weighted by Gasteiger charge is -2.15. The first-order valence-electron chi connectivity index (χ1n) is 5.41. The molecule has 0 aliphatic rings. The van der Waals surface area contributed by atoms with Crippen molar-refractivity contribution < 1.29 is 18.0 Å². The van der Waals surface area contributed by atoms with Gasteiger partial charge in [-0.25, -0.2) is 8.42 Å². The number of anilines is 1. The third-order valence-electron chi connectivity index (χ3n) is 2.57. The molecule has 0 saturated heterocycles. The summed E-state index contributed by atoms with van der Waals surface area (Å²) in [7, 11) is -1.78. The zero-order valence-electron chi connectivity index (χ0n) is 10.5. The summed E-state index contributed by atoms with van der Waals surface area (Å²) in [6.45, 7) is 2.75. The van der Waals surface area contributed by atoms with E-state index in [4.69, 9.17) is 0 Å². The van der Waals surface area contributed by atoms with E-state index in [0.717, 1.165) is 0 Å². The van der Waals surface area contributed by atoms with Crippen molar-refractivity contribution in [2.75, 3.05) is 17.7 Å². The normalized spacial score (nSPS) is 11.1. The van der Waals surface area contributed by atoms with Gasteiger partial charge in [-0.15, -0.1) is 0 Å². The van der Waals surface area contributed by atoms with E-state index in [1.54, 1.807) is 6.92 Å². The highest BCUT2D eigenvalue weighted by Crippen LogP contribution is 2.18. The van der Waals surface area contributed by atoms with E-state index >= 15 is 0 Å². The molecule has 0 aliphatic carbocycles. The summed E-state index contributed by atoms with van der Waals surface area (Å²) in [5.41, 5.74) is 0.477. The number of sulfone groups is 1. The number of amides is 1. The van der Waals surface area contributed by atoms with Crippen LogP contribution in [0.5, 0.6) is 0 Å². The van der Waals surface area contributed by atoms with Crippen molar-refractivity contribution in [3.05, 3.63) is 24.3 Å². The molecule has 0 heterocycles. The van der Waals surface area contributed by atoms with Crippen LogP contribution in [-0.2, 0) is 19.4 Å². The van der Waals surface area contributed by atoms with E-state index in [9.17, 15) is 18.0 Å². The molecular formula is C12H15NO4S. The maximum Gasteiger partial charge on any atom is 0.293 e. The van der Waals surface area contributed by atoms with Crippen molar-refractivity contribution in [2.45, 2.75) is 18.7 Å². The molecule has 0 spiro atoms. The molecule has 6 heteroatoms. The molecule has 0 atom stereocenters. The number of nitrogens with zero attached hydrogens (tertiary/aromatic N) is 1. The molecule has 1 aromatic rings. The molecule has 1 amide bonds. The number of Topliss-reactive ketones (excluding diaryl/α,β-unsaturated/α-hetero) is 1. The molecule has 0 N–H and O–H groups in total. The minimum absolute atomic E-state index is 0.0224. The molecule has 0 radical (unpaired) electrons. The molecule has 0 aromatic heterocycles. The molecule has 0 aliphatic heterocycles. The van der Waals surface area contributed by atoms with Crippen LogP contribution in [0, 0.1) is 0 Å². The number of rotatable bonds is 4. The van der Waals surface area contributed by atoms with Crippen LogP contribution in [0.2, 0.25) is 0 Å². The molecule has 98 valence electrons. The quantitative estimate of drug-likeness (QED) is 0.765. The van der Waals surface area contributed by atoms with Gasteiger partial charge in [0.25, 0.3) is 5.91 Å². The Morgan fingerprint density at radius 3 is 2.06 bits per heavy atom. The van der Waals surface area contributed by atoms with Crippen molar-refractivity contribution in [1.82, 2.24) is 0 Å². The van der Waals surface area contributed by atoms with E-state index in [0.29, 0.717) is 5.69 Å². The Morgan fingerprint density at radius 2 is 1.67 bits per heavy atom. The number of ketones is 1. The first-order chi connectivity index (χ1) is 8.29. The summed E-state index contributed by atoms with van der Waals surface area (Å²) in [5, 5.41) is 0. The molecule has 5 nitrogen and oxygen atoms in total. The Balaban J connectivity index is 3.04. The fourth-order valence-corrected chi connectivity index (χ4v) is 2.28.